The molecule has 2 fully saturated rings. The maximum absolute atomic E-state index is 13.0. The van der Waals surface area contributed by atoms with Crippen molar-refractivity contribution < 1.29 is 19.4 Å². The third-order valence-corrected chi connectivity index (χ3v) is 12.6. The number of rotatable bonds is 11. The fourth-order valence-electron chi connectivity index (χ4n) is 9.55. The summed E-state index contributed by atoms with van der Waals surface area (Å²) in [5.74, 6) is 2.33. The number of carbonyl (C=O) groups is 1. The molecular weight excluding hydrogens is 634 g/mol. The lowest BCUT2D eigenvalue weighted by Crippen LogP contribution is -2.53. The third kappa shape index (κ3) is 6.90. The summed E-state index contributed by atoms with van der Waals surface area (Å²) in [4.78, 5) is 20.0. The number of aryl methyl sites for hydroxylation is 1. The van der Waals surface area contributed by atoms with Crippen molar-refractivity contribution in [2.75, 3.05) is 32.1 Å². The molecule has 4 atom stereocenters. The van der Waals surface area contributed by atoms with Crippen molar-refractivity contribution in [1.82, 2.24) is 9.88 Å². The summed E-state index contributed by atoms with van der Waals surface area (Å²) >= 11 is 6.29. The highest BCUT2D eigenvalue weighted by Crippen LogP contribution is 2.57. The van der Waals surface area contributed by atoms with Gasteiger partial charge in [-0.3, -0.25) is 4.98 Å². The summed E-state index contributed by atoms with van der Waals surface area (Å²) in [6, 6.07) is 16.6. The predicted molar refractivity (Wildman–Crippen MR) is 195 cm³/mol. The van der Waals surface area contributed by atoms with Gasteiger partial charge in [-0.2, -0.15) is 0 Å². The second kappa shape index (κ2) is 14.1. The molecule has 2 N–H and O–H groups in total. The fourth-order valence-corrected chi connectivity index (χ4v) is 9.74. The Labute approximate surface area is 296 Å². The lowest BCUT2D eigenvalue weighted by molar-refractivity contribution is -0.144. The molecule has 2 heterocycles. The maximum atomic E-state index is 13.0. The van der Waals surface area contributed by atoms with E-state index in [4.69, 9.17) is 21.1 Å². The summed E-state index contributed by atoms with van der Waals surface area (Å²) in [6.45, 7) is 7.09. The average molecular weight is 686 g/mol. The van der Waals surface area contributed by atoms with Crippen LogP contribution in [0.2, 0.25) is 5.02 Å². The standard InChI is InChI=1S/C41H52ClN3O4/c1-27(25-49-37-14-19-43-36-11-4-7-28(2)38(36)37)21-30-22-29-12-13-34(48-26-33-10-6-20-45(33)3)24-35(29)40(30)15-17-41(18-16-40,39(46)47)44-32-9-5-8-31(42)23-32/h5,8-9,12-14,19,23-24,27-28,30,33,44H,4,6-7,10-11,15-18,20-22,25-26H2,1-3H3,(H,46,47)/t27-,28-,30+,33+,40?,41?/m1/s1. The van der Waals surface area contributed by atoms with Gasteiger partial charge in [0, 0.05) is 34.2 Å². The van der Waals surface area contributed by atoms with Crippen LogP contribution in [-0.4, -0.2) is 59.3 Å². The first-order valence-electron chi connectivity index (χ1n) is 18.5. The highest BCUT2D eigenvalue weighted by molar-refractivity contribution is 6.30. The average Bonchev–Trinajstić information content (AvgIpc) is 3.63. The van der Waals surface area contributed by atoms with E-state index in [2.05, 4.69) is 54.3 Å². The first-order valence-corrected chi connectivity index (χ1v) is 18.9. The number of fused-ring (bicyclic) bond motifs is 3. The number of anilines is 1. The molecule has 3 aromatic rings. The summed E-state index contributed by atoms with van der Waals surface area (Å²) in [5, 5.41) is 14.6. The first kappa shape index (κ1) is 34.2. The smallest absolute Gasteiger partial charge is 0.329 e. The normalized spacial score (nSPS) is 28.5. The van der Waals surface area contributed by atoms with Gasteiger partial charge in [-0.1, -0.05) is 37.6 Å². The van der Waals surface area contributed by atoms with Gasteiger partial charge in [0.2, 0.25) is 0 Å². The molecule has 1 aliphatic heterocycles. The van der Waals surface area contributed by atoms with E-state index in [9.17, 15) is 9.90 Å². The third-order valence-electron chi connectivity index (χ3n) is 12.4. The van der Waals surface area contributed by atoms with Gasteiger partial charge in [0.1, 0.15) is 23.6 Å². The predicted octanol–water partition coefficient (Wildman–Crippen LogP) is 8.67. The molecule has 1 spiro atoms. The van der Waals surface area contributed by atoms with Crippen LogP contribution in [0, 0.1) is 11.8 Å². The van der Waals surface area contributed by atoms with Crippen molar-refractivity contribution in [2.45, 2.75) is 107 Å². The summed E-state index contributed by atoms with van der Waals surface area (Å²) < 4.78 is 13.0. The van der Waals surface area contributed by atoms with Gasteiger partial charge < -0.3 is 24.8 Å². The number of carboxylic acids is 1. The molecule has 0 bridgehead atoms. The van der Waals surface area contributed by atoms with Gasteiger partial charge in [0.25, 0.3) is 0 Å². The fraction of sp³-hybridized carbons (Fsp3) is 0.561. The van der Waals surface area contributed by atoms with E-state index in [1.165, 1.54) is 48.1 Å². The van der Waals surface area contributed by atoms with Gasteiger partial charge in [0.15, 0.2) is 0 Å². The van der Waals surface area contributed by atoms with E-state index in [0.29, 0.717) is 54.9 Å². The molecule has 0 unspecified atom stereocenters. The number of halogens is 1. The molecular formula is C41H52ClN3O4. The van der Waals surface area contributed by atoms with Crippen molar-refractivity contribution >= 4 is 23.3 Å². The SMILES string of the molecule is C[C@@H](COc1ccnc2c1[C@H](C)CCC2)C[C@H]1Cc2ccc(OC[C@@H]3CCCN3C)cc2C12CCC(Nc1cccc(Cl)c1)(C(=O)O)CC2. The van der Waals surface area contributed by atoms with Crippen molar-refractivity contribution in [2.24, 2.45) is 11.8 Å². The van der Waals surface area contributed by atoms with E-state index in [0.717, 1.165) is 55.8 Å². The van der Waals surface area contributed by atoms with Gasteiger partial charge in [0.05, 0.1) is 6.61 Å². The van der Waals surface area contributed by atoms with Crippen LogP contribution in [-0.2, 0) is 23.1 Å². The Kier molecular flexibility index (Phi) is 9.86. The zero-order chi connectivity index (χ0) is 34.2. The second-order valence-electron chi connectivity index (χ2n) is 15.6. The lowest BCUT2D eigenvalue weighted by atomic mass is 9.59. The van der Waals surface area contributed by atoms with Crippen LogP contribution in [0.4, 0.5) is 5.69 Å². The molecule has 49 heavy (non-hydrogen) atoms. The minimum absolute atomic E-state index is 0.119. The van der Waals surface area contributed by atoms with E-state index >= 15 is 0 Å². The molecule has 262 valence electrons. The van der Waals surface area contributed by atoms with E-state index in [1.807, 2.05) is 36.5 Å². The van der Waals surface area contributed by atoms with E-state index < -0.39 is 11.5 Å². The quantitative estimate of drug-likeness (QED) is 0.209. The molecule has 2 aromatic carbocycles. The summed E-state index contributed by atoms with van der Waals surface area (Å²) in [5.41, 5.74) is 4.82. The van der Waals surface area contributed by atoms with Crippen LogP contribution < -0.4 is 14.8 Å². The van der Waals surface area contributed by atoms with Crippen LogP contribution in [0.15, 0.2) is 54.7 Å². The molecule has 0 amide bonds. The molecule has 8 heteroatoms. The molecule has 3 aliphatic carbocycles. The number of aromatic nitrogens is 1. The number of likely N-dealkylation sites (tertiary alicyclic amines) is 1. The van der Waals surface area contributed by atoms with Crippen molar-refractivity contribution in [3.63, 3.8) is 0 Å². The maximum Gasteiger partial charge on any atom is 0.329 e. The number of pyridine rings is 1. The highest BCUT2D eigenvalue weighted by Gasteiger charge is 2.54. The number of likely N-dealkylation sites (N-methyl/N-ethyl adjacent to an activating group) is 1. The van der Waals surface area contributed by atoms with Gasteiger partial charge >= 0.3 is 5.97 Å². The Balaban J connectivity index is 1.12. The van der Waals surface area contributed by atoms with Crippen molar-refractivity contribution in [3.8, 4) is 11.5 Å². The molecule has 1 saturated carbocycles. The highest BCUT2D eigenvalue weighted by atomic mass is 35.5. The molecule has 7 rings (SSSR count). The minimum Gasteiger partial charge on any atom is -0.493 e. The lowest BCUT2D eigenvalue weighted by Gasteiger charge is -2.47. The number of hydrogen-bond donors (Lipinski definition) is 2. The Hall–Kier alpha value is -3.29. The topological polar surface area (TPSA) is 83.9 Å². The number of ether oxygens (including phenoxy) is 2. The molecule has 1 aromatic heterocycles. The van der Waals surface area contributed by atoms with Crippen LogP contribution >= 0.6 is 11.6 Å². The Morgan fingerprint density at radius 3 is 2.69 bits per heavy atom. The zero-order valence-corrected chi connectivity index (χ0v) is 30.1. The van der Waals surface area contributed by atoms with Crippen molar-refractivity contribution in [1.29, 1.82) is 0 Å². The minimum atomic E-state index is -1.05. The Morgan fingerprint density at radius 2 is 1.94 bits per heavy atom. The van der Waals surface area contributed by atoms with Crippen LogP contribution in [0.1, 0.15) is 99.9 Å². The molecule has 4 aliphatic rings. The van der Waals surface area contributed by atoms with Gasteiger partial charge in [-0.05, 0) is 155 Å². The number of carboxylic acid groups (broad SMARTS) is 1. The number of nitrogens with one attached hydrogen (secondary N) is 1. The zero-order valence-electron chi connectivity index (χ0n) is 29.3. The van der Waals surface area contributed by atoms with E-state index in [1.54, 1.807) is 0 Å². The Bertz CT molecular complexity index is 1650. The van der Waals surface area contributed by atoms with Gasteiger partial charge in [-0.15, -0.1) is 0 Å². The van der Waals surface area contributed by atoms with Crippen LogP contribution in [0.3, 0.4) is 0 Å². The first-order chi connectivity index (χ1) is 23.7. The molecule has 7 nitrogen and oxygen atoms in total. The number of benzene rings is 2. The Morgan fingerprint density at radius 1 is 1.10 bits per heavy atom. The van der Waals surface area contributed by atoms with Crippen LogP contribution in [0.25, 0.3) is 0 Å². The number of aliphatic carboxylic acids is 1. The molecule has 1 saturated heterocycles. The largest absolute Gasteiger partial charge is 0.493 e. The van der Waals surface area contributed by atoms with Gasteiger partial charge in [-0.25, -0.2) is 4.79 Å². The van der Waals surface area contributed by atoms with E-state index in [-0.39, 0.29) is 5.41 Å². The number of nitrogens with zero attached hydrogens (tertiary/aromatic N) is 2. The number of hydrogen-bond acceptors (Lipinski definition) is 6. The second-order valence-corrected chi connectivity index (χ2v) is 16.0. The van der Waals surface area contributed by atoms with Crippen LogP contribution in [0.5, 0.6) is 11.5 Å². The molecule has 0 radical (unpaired) electrons. The van der Waals surface area contributed by atoms with Crippen molar-refractivity contribution in [3.05, 3.63) is 82.1 Å². The monoisotopic (exact) mass is 685 g/mol. The summed E-state index contributed by atoms with van der Waals surface area (Å²) in [6.07, 6.45) is 12.4. The summed E-state index contributed by atoms with van der Waals surface area (Å²) in [7, 11) is 2.19.